The Morgan fingerprint density at radius 1 is 1.32 bits per heavy atom. The lowest BCUT2D eigenvalue weighted by atomic mass is 9.94. The SMILES string of the molecule is COC(OC)[C@H](C(=O)N1C(=S)SC[C@@H]1C(C)C)c1ccc(F)cc1F. The molecule has 0 saturated carbocycles. The van der Waals surface area contributed by atoms with E-state index < -0.39 is 29.7 Å². The van der Waals surface area contributed by atoms with E-state index in [0.717, 1.165) is 12.1 Å². The predicted octanol–water partition coefficient (Wildman–Crippen LogP) is 3.55. The lowest BCUT2D eigenvalue weighted by molar-refractivity contribution is -0.153. The molecule has 1 aromatic rings. The number of hydrogen-bond donors (Lipinski definition) is 0. The van der Waals surface area contributed by atoms with Gasteiger partial charge in [-0.25, -0.2) is 8.78 Å². The summed E-state index contributed by atoms with van der Waals surface area (Å²) in [7, 11) is 2.74. The summed E-state index contributed by atoms with van der Waals surface area (Å²) >= 11 is 6.74. The molecule has 138 valence electrons. The highest BCUT2D eigenvalue weighted by Crippen LogP contribution is 2.35. The number of hydrogen-bond acceptors (Lipinski definition) is 5. The summed E-state index contributed by atoms with van der Waals surface area (Å²) < 4.78 is 38.6. The summed E-state index contributed by atoms with van der Waals surface area (Å²) in [6.45, 7) is 3.99. The highest BCUT2D eigenvalue weighted by atomic mass is 32.2. The van der Waals surface area contributed by atoms with Gasteiger partial charge in [0.25, 0.3) is 0 Å². The molecule has 1 amide bonds. The minimum absolute atomic E-state index is 0.0160. The summed E-state index contributed by atoms with van der Waals surface area (Å²) in [6, 6.07) is 3.01. The third-order valence-electron chi connectivity index (χ3n) is 4.21. The molecule has 2 atom stereocenters. The molecule has 1 saturated heterocycles. The number of halogens is 2. The quantitative estimate of drug-likeness (QED) is 0.550. The van der Waals surface area contributed by atoms with Gasteiger partial charge < -0.3 is 9.47 Å². The first-order valence-corrected chi connectivity index (χ1v) is 9.21. The van der Waals surface area contributed by atoms with Crippen LogP contribution in [0.5, 0.6) is 0 Å². The summed E-state index contributed by atoms with van der Waals surface area (Å²) in [5.41, 5.74) is 0.0160. The van der Waals surface area contributed by atoms with Crippen molar-refractivity contribution in [3.63, 3.8) is 0 Å². The van der Waals surface area contributed by atoms with Gasteiger partial charge in [-0.3, -0.25) is 9.69 Å². The van der Waals surface area contributed by atoms with Crippen LogP contribution < -0.4 is 0 Å². The maximum atomic E-state index is 14.4. The number of benzene rings is 1. The molecule has 1 aliphatic heterocycles. The van der Waals surface area contributed by atoms with Crippen LogP contribution in [-0.2, 0) is 14.3 Å². The average molecular weight is 389 g/mol. The van der Waals surface area contributed by atoms with Gasteiger partial charge in [-0.05, 0) is 12.0 Å². The first-order chi connectivity index (χ1) is 11.8. The van der Waals surface area contributed by atoms with Crippen molar-refractivity contribution in [3.8, 4) is 0 Å². The number of nitrogens with zero attached hydrogens (tertiary/aromatic N) is 1. The Hall–Kier alpha value is -1.09. The van der Waals surface area contributed by atoms with Crippen LogP contribution in [0.2, 0.25) is 0 Å². The van der Waals surface area contributed by atoms with E-state index in [1.165, 1.54) is 36.9 Å². The summed E-state index contributed by atoms with van der Waals surface area (Å²) in [6.07, 6.45) is -1.02. The zero-order valence-corrected chi connectivity index (χ0v) is 16.1. The molecule has 0 spiro atoms. The maximum absolute atomic E-state index is 14.4. The number of methoxy groups -OCH3 is 2. The van der Waals surface area contributed by atoms with E-state index in [2.05, 4.69) is 0 Å². The fourth-order valence-electron chi connectivity index (χ4n) is 2.85. The molecule has 0 unspecified atom stereocenters. The van der Waals surface area contributed by atoms with Crippen LogP contribution in [-0.4, -0.2) is 47.4 Å². The van der Waals surface area contributed by atoms with E-state index in [1.54, 1.807) is 0 Å². The first-order valence-electron chi connectivity index (χ1n) is 7.82. The van der Waals surface area contributed by atoms with Gasteiger partial charge in [-0.1, -0.05) is 43.9 Å². The van der Waals surface area contributed by atoms with Crippen molar-refractivity contribution in [2.45, 2.75) is 32.1 Å². The average Bonchev–Trinajstić information content (AvgIpc) is 2.95. The normalized spacial score (nSPS) is 19.1. The second-order valence-corrected chi connectivity index (χ2v) is 7.73. The van der Waals surface area contributed by atoms with E-state index >= 15 is 0 Å². The molecule has 8 heteroatoms. The molecule has 0 N–H and O–H groups in total. The summed E-state index contributed by atoms with van der Waals surface area (Å²) in [5.74, 6) is -2.17. The number of rotatable bonds is 6. The van der Waals surface area contributed by atoms with Crippen molar-refractivity contribution in [2.24, 2.45) is 5.92 Å². The topological polar surface area (TPSA) is 38.8 Å². The highest BCUT2D eigenvalue weighted by Gasteiger charge is 2.43. The lowest BCUT2D eigenvalue weighted by Crippen LogP contribution is -2.47. The molecule has 4 nitrogen and oxygen atoms in total. The van der Waals surface area contributed by atoms with Crippen LogP contribution in [0.15, 0.2) is 18.2 Å². The van der Waals surface area contributed by atoms with Crippen LogP contribution in [0.4, 0.5) is 8.78 Å². The fourth-order valence-corrected chi connectivity index (χ4v) is 4.49. The van der Waals surface area contributed by atoms with E-state index in [0.29, 0.717) is 10.1 Å². The standard InChI is InChI=1S/C17H21F2NO3S2/c1-9(2)13-8-25-17(24)20(13)15(21)14(16(22-3)23-4)11-6-5-10(18)7-12(11)19/h5-7,9,13-14,16H,8H2,1-4H3/t13-,14+/m1/s1. The van der Waals surface area contributed by atoms with Crippen molar-refractivity contribution in [1.82, 2.24) is 4.90 Å². The van der Waals surface area contributed by atoms with Crippen molar-refractivity contribution in [2.75, 3.05) is 20.0 Å². The summed E-state index contributed by atoms with van der Waals surface area (Å²) in [5, 5.41) is 0. The first kappa shape index (κ1) is 20.2. The number of thiocarbonyl (C=S) groups is 1. The monoisotopic (exact) mass is 389 g/mol. The minimum Gasteiger partial charge on any atom is -0.355 e. The van der Waals surface area contributed by atoms with Crippen LogP contribution >= 0.6 is 24.0 Å². The third kappa shape index (κ3) is 4.19. The van der Waals surface area contributed by atoms with Gasteiger partial charge in [0.1, 0.15) is 21.9 Å². The number of carbonyl (C=O) groups is 1. The van der Waals surface area contributed by atoms with Gasteiger partial charge in [-0.2, -0.15) is 0 Å². The summed E-state index contributed by atoms with van der Waals surface area (Å²) in [4.78, 5) is 14.8. The van der Waals surface area contributed by atoms with Gasteiger partial charge in [0.05, 0.1) is 0 Å². The molecule has 2 rings (SSSR count). The molecular formula is C17H21F2NO3S2. The fraction of sp³-hybridized carbons (Fsp3) is 0.529. The molecule has 25 heavy (non-hydrogen) atoms. The molecule has 0 radical (unpaired) electrons. The molecule has 1 aromatic carbocycles. The number of carbonyl (C=O) groups excluding carboxylic acids is 1. The number of ether oxygens (including phenoxy) is 2. The van der Waals surface area contributed by atoms with Gasteiger partial charge in [-0.15, -0.1) is 0 Å². The van der Waals surface area contributed by atoms with E-state index in [-0.39, 0.29) is 17.5 Å². The predicted molar refractivity (Wildman–Crippen MR) is 97.4 cm³/mol. The van der Waals surface area contributed by atoms with Gasteiger partial charge >= 0.3 is 0 Å². The zero-order valence-electron chi connectivity index (χ0n) is 14.5. The third-order valence-corrected chi connectivity index (χ3v) is 5.72. The lowest BCUT2D eigenvalue weighted by Gasteiger charge is -2.32. The van der Waals surface area contributed by atoms with Gasteiger partial charge in [0, 0.05) is 37.6 Å². The molecule has 1 aliphatic rings. The number of amides is 1. The van der Waals surface area contributed by atoms with E-state index in [9.17, 15) is 13.6 Å². The van der Waals surface area contributed by atoms with E-state index in [4.69, 9.17) is 21.7 Å². The second-order valence-electron chi connectivity index (χ2n) is 6.08. The molecule has 0 bridgehead atoms. The number of thioether (sulfide) groups is 1. The van der Waals surface area contributed by atoms with Gasteiger partial charge in [0.15, 0.2) is 6.29 Å². The zero-order chi connectivity index (χ0) is 18.7. The molecule has 0 aromatic heterocycles. The Kier molecular flexibility index (Phi) is 6.90. The smallest absolute Gasteiger partial charge is 0.241 e. The Morgan fingerprint density at radius 2 is 1.96 bits per heavy atom. The molecule has 1 heterocycles. The second kappa shape index (κ2) is 8.53. The van der Waals surface area contributed by atoms with Crippen molar-refractivity contribution in [3.05, 3.63) is 35.4 Å². The molecular weight excluding hydrogens is 368 g/mol. The Labute approximate surface area is 155 Å². The van der Waals surface area contributed by atoms with E-state index in [1.807, 2.05) is 13.8 Å². The Balaban J connectivity index is 2.48. The maximum Gasteiger partial charge on any atom is 0.241 e. The van der Waals surface area contributed by atoms with Crippen molar-refractivity contribution < 1.29 is 23.0 Å². The molecule has 1 fully saturated rings. The Bertz CT molecular complexity index is 653. The van der Waals surface area contributed by atoms with Gasteiger partial charge in [0.2, 0.25) is 5.91 Å². The Morgan fingerprint density at radius 3 is 2.48 bits per heavy atom. The van der Waals surface area contributed by atoms with Crippen LogP contribution in [0.3, 0.4) is 0 Å². The minimum atomic E-state index is -1.09. The largest absolute Gasteiger partial charge is 0.355 e. The van der Waals surface area contributed by atoms with Crippen LogP contribution in [0.1, 0.15) is 25.3 Å². The van der Waals surface area contributed by atoms with Crippen molar-refractivity contribution in [1.29, 1.82) is 0 Å². The van der Waals surface area contributed by atoms with Crippen LogP contribution in [0.25, 0.3) is 0 Å². The van der Waals surface area contributed by atoms with Crippen LogP contribution in [0, 0.1) is 17.6 Å². The highest BCUT2D eigenvalue weighted by molar-refractivity contribution is 8.23. The molecule has 0 aliphatic carbocycles. The van der Waals surface area contributed by atoms with Crippen molar-refractivity contribution >= 4 is 34.2 Å².